The number of likely N-dealkylation sites (tertiary alicyclic amines) is 1. The van der Waals surface area contributed by atoms with Crippen LogP contribution in [0.3, 0.4) is 0 Å². The molecule has 1 atom stereocenters. The molecule has 33 heavy (non-hydrogen) atoms. The zero-order valence-corrected chi connectivity index (χ0v) is 22.8. The van der Waals surface area contributed by atoms with E-state index >= 15 is 0 Å². The van der Waals surface area contributed by atoms with Gasteiger partial charge in [0.2, 0.25) is 0 Å². The maximum atomic E-state index is 12.7. The van der Waals surface area contributed by atoms with Crippen LogP contribution in [0.2, 0.25) is 0 Å². The van der Waals surface area contributed by atoms with Crippen molar-refractivity contribution >= 4 is 28.5 Å². The minimum Gasteiger partial charge on any atom is -0.493 e. The molecule has 1 N–H and O–H groups in total. The molecule has 0 bridgehead atoms. The number of aryl methyl sites for hydroxylation is 2. The molecule has 5 heteroatoms. The third-order valence-corrected chi connectivity index (χ3v) is 7.79. The molecule has 0 spiro atoms. The fourth-order valence-corrected chi connectivity index (χ4v) is 5.01. The number of nitrogens with one attached hydrogen (secondary N) is 1. The van der Waals surface area contributed by atoms with E-state index in [-0.39, 0.29) is 5.91 Å². The second-order valence-corrected chi connectivity index (χ2v) is 10.4. The number of carbonyl (C=O) groups excluding carboxylic acids is 1. The predicted molar refractivity (Wildman–Crippen MR) is 146 cm³/mol. The molecule has 0 aromatic heterocycles. The number of alkyl halides is 1. The van der Waals surface area contributed by atoms with Gasteiger partial charge in [0.15, 0.2) is 0 Å². The third-order valence-electron chi connectivity index (χ3n) is 7.03. The van der Waals surface area contributed by atoms with Crippen molar-refractivity contribution in [3.63, 3.8) is 0 Å². The smallest absolute Gasteiger partial charge is 0.251 e. The van der Waals surface area contributed by atoms with Crippen molar-refractivity contribution < 1.29 is 9.53 Å². The molecule has 1 saturated heterocycles. The molecule has 0 aliphatic carbocycles. The number of benzene rings is 2. The van der Waals surface area contributed by atoms with Crippen LogP contribution in [0.4, 0.5) is 0 Å². The minimum atomic E-state index is 0.0275. The van der Waals surface area contributed by atoms with Crippen LogP contribution in [0.5, 0.6) is 5.75 Å². The Hall–Kier alpha value is -1.60. The van der Waals surface area contributed by atoms with E-state index in [4.69, 9.17) is 4.74 Å². The van der Waals surface area contributed by atoms with Gasteiger partial charge in [-0.15, -0.1) is 0 Å². The summed E-state index contributed by atoms with van der Waals surface area (Å²) in [5.41, 5.74) is 7.06. The van der Waals surface area contributed by atoms with Crippen LogP contribution >= 0.6 is 22.6 Å². The number of piperidine rings is 1. The Labute approximate surface area is 213 Å². The van der Waals surface area contributed by atoms with Crippen LogP contribution in [0.25, 0.3) is 0 Å². The number of halogens is 1. The van der Waals surface area contributed by atoms with Crippen molar-refractivity contribution in [3.05, 3.63) is 63.7 Å². The molecule has 1 heterocycles. The van der Waals surface area contributed by atoms with Crippen molar-refractivity contribution in [3.8, 4) is 5.75 Å². The van der Waals surface area contributed by atoms with Gasteiger partial charge < -0.3 is 10.1 Å². The molecule has 0 radical (unpaired) electrons. The molecule has 2 aromatic rings. The zero-order chi connectivity index (χ0) is 23.8. The van der Waals surface area contributed by atoms with Crippen molar-refractivity contribution in [2.24, 2.45) is 0 Å². The Kier molecular flexibility index (Phi) is 10.0. The zero-order valence-electron chi connectivity index (χ0n) is 20.7. The Morgan fingerprint density at radius 3 is 2.64 bits per heavy atom. The van der Waals surface area contributed by atoms with Gasteiger partial charge >= 0.3 is 0 Å². The molecule has 3 rings (SSSR count). The normalized spacial score (nSPS) is 16.6. The van der Waals surface area contributed by atoms with E-state index < -0.39 is 0 Å². The van der Waals surface area contributed by atoms with E-state index in [9.17, 15) is 4.79 Å². The lowest BCUT2D eigenvalue weighted by molar-refractivity contribution is 0.0907. The van der Waals surface area contributed by atoms with E-state index in [2.05, 4.69) is 72.6 Å². The standard InChI is InChI=1S/C28H39IN2O2/c1-20-10-11-24(17-21(20)2)28(32)30-18-26-9-5-7-15-31(26)19-25-12-13-27(23(4)22(25)3)33-16-8-6-14-29/h10-13,17,26H,5-9,14-16,18-19H2,1-4H3,(H,30,32). The number of carbonyl (C=O) groups is 1. The average Bonchev–Trinajstić information content (AvgIpc) is 2.82. The van der Waals surface area contributed by atoms with Crippen LogP contribution in [0.1, 0.15) is 70.3 Å². The topological polar surface area (TPSA) is 41.6 Å². The number of unbranched alkanes of at least 4 members (excludes halogenated alkanes) is 1. The van der Waals surface area contributed by atoms with Crippen molar-refractivity contribution in [1.29, 1.82) is 0 Å². The largest absolute Gasteiger partial charge is 0.493 e. The molecule has 1 aliphatic rings. The number of ether oxygens (including phenoxy) is 1. The van der Waals surface area contributed by atoms with Crippen molar-refractivity contribution in [2.45, 2.75) is 72.4 Å². The molecule has 1 fully saturated rings. The van der Waals surface area contributed by atoms with E-state index in [1.807, 2.05) is 18.2 Å². The maximum Gasteiger partial charge on any atom is 0.251 e. The summed E-state index contributed by atoms with van der Waals surface area (Å²) in [6.45, 7) is 12.0. The summed E-state index contributed by atoms with van der Waals surface area (Å²) in [7, 11) is 0. The molecule has 4 nitrogen and oxygen atoms in total. The Balaban J connectivity index is 1.61. The molecule has 2 aromatic carbocycles. The Bertz CT molecular complexity index is 944. The summed E-state index contributed by atoms with van der Waals surface area (Å²) in [6.07, 6.45) is 5.88. The molecular formula is C28H39IN2O2. The molecular weight excluding hydrogens is 523 g/mol. The van der Waals surface area contributed by atoms with Crippen LogP contribution in [0, 0.1) is 27.7 Å². The van der Waals surface area contributed by atoms with E-state index in [0.29, 0.717) is 12.6 Å². The molecule has 180 valence electrons. The van der Waals surface area contributed by atoms with Crippen LogP contribution in [-0.4, -0.2) is 41.0 Å². The second kappa shape index (κ2) is 12.7. The Morgan fingerprint density at radius 1 is 1.06 bits per heavy atom. The number of hydrogen-bond donors (Lipinski definition) is 1. The SMILES string of the molecule is Cc1ccc(C(=O)NCC2CCCCN2Cc2ccc(OCCCCI)c(C)c2C)cc1C. The first-order valence-corrected chi connectivity index (χ1v) is 13.8. The number of rotatable bonds is 10. The van der Waals surface area contributed by atoms with E-state index in [0.717, 1.165) is 49.4 Å². The summed E-state index contributed by atoms with van der Waals surface area (Å²) in [6, 6.07) is 10.7. The lowest BCUT2D eigenvalue weighted by atomic mass is 9.97. The lowest BCUT2D eigenvalue weighted by Crippen LogP contribution is -2.46. The van der Waals surface area contributed by atoms with E-state index in [1.54, 1.807) is 0 Å². The number of nitrogens with zero attached hydrogens (tertiary/aromatic N) is 1. The highest BCUT2D eigenvalue weighted by molar-refractivity contribution is 14.1. The molecule has 1 aliphatic heterocycles. The first kappa shape index (κ1) is 26.0. The van der Waals surface area contributed by atoms with Crippen LogP contribution in [-0.2, 0) is 6.54 Å². The quantitative estimate of drug-likeness (QED) is 0.210. The van der Waals surface area contributed by atoms with Gasteiger partial charge in [0.25, 0.3) is 5.91 Å². The highest BCUT2D eigenvalue weighted by Gasteiger charge is 2.24. The predicted octanol–water partition coefficient (Wildman–Crippen LogP) is 6.30. The highest BCUT2D eigenvalue weighted by atomic mass is 127. The first-order valence-electron chi connectivity index (χ1n) is 12.3. The second-order valence-electron chi connectivity index (χ2n) is 9.35. The number of amides is 1. The van der Waals surface area contributed by atoms with Gasteiger partial charge in [-0.05, 0) is 110 Å². The van der Waals surface area contributed by atoms with Crippen molar-refractivity contribution in [1.82, 2.24) is 10.2 Å². The third kappa shape index (κ3) is 7.19. The summed E-state index contributed by atoms with van der Waals surface area (Å²) in [5, 5.41) is 3.20. The number of hydrogen-bond acceptors (Lipinski definition) is 3. The fourth-order valence-electron chi connectivity index (χ4n) is 4.47. The fraction of sp³-hybridized carbons (Fsp3) is 0.536. The van der Waals surface area contributed by atoms with Gasteiger partial charge in [-0.2, -0.15) is 0 Å². The first-order chi connectivity index (χ1) is 15.9. The van der Waals surface area contributed by atoms with Gasteiger partial charge in [-0.25, -0.2) is 0 Å². The van der Waals surface area contributed by atoms with Gasteiger partial charge in [0.1, 0.15) is 5.75 Å². The van der Waals surface area contributed by atoms with Gasteiger partial charge in [0.05, 0.1) is 6.61 Å². The summed E-state index contributed by atoms with van der Waals surface area (Å²) >= 11 is 2.42. The van der Waals surface area contributed by atoms with Crippen LogP contribution in [0.15, 0.2) is 30.3 Å². The lowest BCUT2D eigenvalue weighted by Gasteiger charge is -2.36. The Morgan fingerprint density at radius 2 is 1.88 bits per heavy atom. The average molecular weight is 563 g/mol. The van der Waals surface area contributed by atoms with Gasteiger partial charge in [0, 0.05) is 24.7 Å². The van der Waals surface area contributed by atoms with Crippen molar-refractivity contribution in [2.75, 3.05) is 24.1 Å². The summed E-state index contributed by atoms with van der Waals surface area (Å²) in [5.74, 6) is 1.04. The summed E-state index contributed by atoms with van der Waals surface area (Å²) < 4.78 is 7.22. The van der Waals surface area contributed by atoms with Gasteiger partial charge in [-0.3, -0.25) is 9.69 Å². The maximum absolute atomic E-state index is 12.7. The molecule has 0 saturated carbocycles. The summed E-state index contributed by atoms with van der Waals surface area (Å²) in [4.78, 5) is 15.3. The van der Waals surface area contributed by atoms with E-state index in [1.165, 1.54) is 45.9 Å². The molecule has 1 amide bonds. The monoisotopic (exact) mass is 562 g/mol. The minimum absolute atomic E-state index is 0.0275. The highest BCUT2D eigenvalue weighted by Crippen LogP contribution is 2.27. The molecule has 1 unspecified atom stereocenters. The van der Waals surface area contributed by atoms with Crippen LogP contribution < -0.4 is 10.1 Å². The van der Waals surface area contributed by atoms with Gasteiger partial charge in [-0.1, -0.05) is 41.1 Å².